The van der Waals surface area contributed by atoms with E-state index in [-0.39, 0.29) is 5.91 Å². The molecule has 4 aromatic rings. The fourth-order valence-electron chi connectivity index (χ4n) is 3.72. The second kappa shape index (κ2) is 7.34. The third kappa shape index (κ3) is 3.22. The molecule has 9 nitrogen and oxygen atoms in total. The van der Waals surface area contributed by atoms with Crippen LogP contribution >= 0.6 is 0 Å². The van der Waals surface area contributed by atoms with Gasteiger partial charge in [-0.25, -0.2) is 0 Å². The van der Waals surface area contributed by atoms with Crippen molar-refractivity contribution in [2.24, 2.45) is 7.05 Å². The van der Waals surface area contributed by atoms with Gasteiger partial charge in [0.15, 0.2) is 5.82 Å². The number of ether oxygens (including phenoxy) is 1. The van der Waals surface area contributed by atoms with Crippen LogP contribution in [0, 0.1) is 6.92 Å². The SMILES string of the molecule is Cc1cc(C(=O)N2CCOCC2c2noc(-c3cnn(C)c3)n2)c2ccccc2n1. The van der Waals surface area contributed by atoms with Gasteiger partial charge < -0.3 is 14.2 Å². The number of amides is 1. The standard InChI is InChI=1S/C21H20N6O3/c1-13-9-16(15-5-3-4-6-17(15)23-13)21(28)27-7-8-29-12-18(27)19-24-20(30-25-19)14-10-22-26(2)11-14/h3-6,9-11,18H,7-8,12H2,1-2H3. The molecule has 4 heterocycles. The predicted molar refractivity (Wildman–Crippen MR) is 108 cm³/mol. The highest BCUT2D eigenvalue weighted by Crippen LogP contribution is 2.28. The summed E-state index contributed by atoms with van der Waals surface area (Å²) < 4.78 is 12.7. The van der Waals surface area contributed by atoms with Gasteiger partial charge >= 0.3 is 0 Å². The molecule has 0 saturated carbocycles. The normalized spacial score (nSPS) is 16.9. The first-order valence-corrected chi connectivity index (χ1v) is 9.68. The zero-order valence-electron chi connectivity index (χ0n) is 16.6. The first kappa shape index (κ1) is 18.4. The van der Waals surface area contributed by atoms with Gasteiger partial charge in [-0.05, 0) is 19.1 Å². The van der Waals surface area contributed by atoms with Crippen molar-refractivity contribution in [3.63, 3.8) is 0 Å². The number of benzene rings is 1. The molecule has 0 bridgehead atoms. The first-order valence-electron chi connectivity index (χ1n) is 9.68. The average molecular weight is 404 g/mol. The number of aryl methyl sites for hydroxylation is 2. The van der Waals surface area contributed by atoms with Crippen LogP contribution in [0.4, 0.5) is 0 Å². The van der Waals surface area contributed by atoms with Gasteiger partial charge in [0.2, 0.25) is 0 Å². The minimum absolute atomic E-state index is 0.0993. The molecule has 0 aliphatic carbocycles. The molecule has 152 valence electrons. The van der Waals surface area contributed by atoms with Crippen LogP contribution < -0.4 is 0 Å². The molecule has 1 saturated heterocycles. The Balaban J connectivity index is 1.51. The van der Waals surface area contributed by atoms with Crippen LogP contribution in [0.25, 0.3) is 22.4 Å². The largest absolute Gasteiger partial charge is 0.377 e. The van der Waals surface area contributed by atoms with E-state index in [2.05, 4.69) is 20.2 Å². The minimum Gasteiger partial charge on any atom is -0.377 e. The number of fused-ring (bicyclic) bond motifs is 1. The third-order valence-electron chi connectivity index (χ3n) is 5.16. The fourth-order valence-corrected chi connectivity index (χ4v) is 3.72. The lowest BCUT2D eigenvalue weighted by molar-refractivity contribution is -0.00567. The highest BCUT2D eigenvalue weighted by Gasteiger charge is 2.33. The molecule has 0 spiro atoms. The van der Waals surface area contributed by atoms with Crippen molar-refractivity contribution in [2.45, 2.75) is 13.0 Å². The van der Waals surface area contributed by atoms with E-state index in [0.29, 0.717) is 37.0 Å². The molecular weight excluding hydrogens is 384 g/mol. The summed E-state index contributed by atoms with van der Waals surface area (Å²) in [5, 5.41) is 9.07. The van der Waals surface area contributed by atoms with Gasteiger partial charge in [0.25, 0.3) is 11.8 Å². The Hall–Kier alpha value is -3.59. The Kier molecular flexibility index (Phi) is 4.51. The highest BCUT2D eigenvalue weighted by atomic mass is 16.5. The summed E-state index contributed by atoms with van der Waals surface area (Å²) in [6.07, 6.45) is 3.45. The van der Waals surface area contributed by atoms with Crippen LogP contribution in [-0.2, 0) is 11.8 Å². The van der Waals surface area contributed by atoms with E-state index in [1.165, 1.54) is 0 Å². The fraction of sp³-hybridized carbons (Fsp3) is 0.286. The topological polar surface area (TPSA) is 99.2 Å². The summed E-state index contributed by atoms with van der Waals surface area (Å²) in [4.78, 5) is 24.4. The number of para-hydroxylation sites is 1. The Labute approximate surface area is 172 Å². The van der Waals surface area contributed by atoms with Crippen molar-refractivity contribution in [3.05, 3.63) is 59.8 Å². The molecule has 30 heavy (non-hydrogen) atoms. The molecule has 1 aliphatic rings. The Morgan fingerprint density at radius 3 is 2.93 bits per heavy atom. The molecule has 0 N–H and O–H groups in total. The summed E-state index contributed by atoms with van der Waals surface area (Å²) in [7, 11) is 1.82. The van der Waals surface area contributed by atoms with E-state index >= 15 is 0 Å². The van der Waals surface area contributed by atoms with Crippen molar-refractivity contribution in [1.82, 2.24) is 29.8 Å². The second-order valence-corrected chi connectivity index (χ2v) is 7.28. The number of hydrogen-bond acceptors (Lipinski definition) is 7. The van der Waals surface area contributed by atoms with Gasteiger partial charge in [-0.15, -0.1) is 0 Å². The van der Waals surface area contributed by atoms with Crippen molar-refractivity contribution >= 4 is 16.8 Å². The van der Waals surface area contributed by atoms with Crippen molar-refractivity contribution in [2.75, 3.05) is 19.8 Å². The molecule has 0 radical (unpaired) electrons. The number of pyridine rings is 1. The van der Waals surface area contributed by atoms with Gasteiger partial charge in [-0.3, -0.25) is 14.5 Å². The quantitative estimate of drug-likeness (QED) is 0.517. The predicted octanol–water partition coefficient (Wildman–Crippen LogP) is 2.54. The van der Waals surface area contributed by atoms with Gasteiger partial charge in [0, 0.05) is 30.9 Å². The summed E-state index contributed by atoms with van der Waals surface area (Å²) in [6.45, 7) is 3.09. The monoisotopic (exact) mass is 404 g/mol. The molecule has 1 aromatic carbocycles. The van der Waals surface area contributed by atoms with Gasteiger partial charge in [-0.1, -0.05) is 23.4 Å². The molecule has 1 atom stereocenters. The number of carbonyl (C=O) groups excluding carboxylic acids is 1. The van der Waals surface area contributed by atoms with Crippen LogP contribution in [0.1, 0.15) is 27.9 Å². The lowest BCUT2D eigenvalue weighted by atomic mass is 10.0. The maximum atomic E-state index is 13.6. The lowest BCUT2D eigenvalue weighted by Crippen LogP contribution is -2.44. The van der Waals surface area contributed by atoms with E-state index in [1.807, 2.05) is 44.3 Å². The third-order valence-corrected chi connectivity index (χ3v) is 5.16. The van der Waals surface area contributed by atoms with Gasteiger partial charge in [0.1, 0.15) is 6.04 Å². The van der Waals surface area contributed by atoms with E-state index in [1.54, 1.807) is 22.0 Å². The molecule has 9 heteroatoms. The van der Waals surface area contributed by atoms with Crippen molar-refractivity contribution in [3.8, 4) is 11.5 Å². The number of aromatic nitrogens is 5. The van der Waals surface area contributed by atoms with Crippen LogP contribution in [0.2, 0.25) is 0 Å². The van der Waals surface area contributed by atoms with Crippen LogP contribution in [0.15, 0.2) is 47.2 Å². The van der Waals surface area contributed by atoms with Gasteiger partial charge in [-0.2, -0.15) is 10.1 Å². The smallest absolute Gasteiger partial charge is 0.261 e. The van der Waals surface area contributed by atoms with E-state index < -0.39 is 6.04 Å². The van der Waals surface area contributed by atoms with Gasteiger partial charge in [0.05, 0.1) is 36.1 Å². The summed E-state index contributed by atoms with van der Waals surface area (Å²) in [5.41, 5.74) is 2.92. The molecule has 5 rings (SSSR count). The second-order valence-electron chi connectivity index (χ2n) is 7.28. The zero-order chi connectivity index (χ0) is 20.7. The average Bonchev–Trinajstić information content (AvgIpc) is 3.42. The minimum atomic E-state index is -0.437. The maximum Gasteiger partial charge on any atom is 0.261 e. The highest BCUT2D eigenvalue weighted by molar-refractivity contribution is 6.06. The first-order chi connectivity index (χ1) is 14.6. The Bertz CT molecular complexity index is 1230. The number of rotatable bonds is 3. The summed E-state index contributed by atoms with van der Waals surface area (Å²) in [6, 6.07) is 9.04. The maximum absolute atomic E-state index is 13.6. The lowest BCUT2D eigenvalue weighted by Gasteiger charge is -2.34. The van der Waals surface area contributed by atoms with Crippen LogP contribution in [0.3, 0.4) is 0 Å². The van der Waals surface area contributed by atoms with E-state index in [9.17, 15) is 4.79 Å². The zero-order valence-corrected chi connectivity index (χ0v) is 16.6. The number of morpholine rings is 1. The Morgan fingerprint density at radius 1 is 1.23 bits per heavy atom. The molecule has 3 aromatic heterocycles. The molecule has 1 amide bonds. The number of carbonyl (C=O) groups is 1. The number of nitrogens with zero attached hydrogens (tertiary/aromatic N) is 6. The van der Waals surface area contributed by atoms with Crippen LogP contribution in [0.5, 0.6) is 0 Å². The van der Waals surface area contributed by atoms with Crippen LogP contribution in [-0.4, -0.2) is 55.5 Å². The number of hydrogen-bond donors (Lipinski definition) is 0. The molecule has 1 unspecified atom stereocenters. The van der Waals surface area contributed by atoms with Crippen molar-refractivity contribution < 1.29 is 14.1 Å². The Morgan fingerprint density at radius 2 is 2.10 bits per heavy atom. The van der Waals surface area contributed by atoms with E-state index in [0.717, 1.165) is 22.2 Å². The van der Waals surface area contributed by atoms with E-state index in [4.69, 9.17) is 9.26 Å². The van der Waals surface area contributed by atoms with Crippen molar-refractivity contribution in [1.29, 1.82) is 0 Å². The molecule has 1 fully saturated rings. The molecular formula is C21H20N6O3. The summed E-state index contributed by atoms with van der Waals surface area (Å²) in [5.74, 6) is 0.677. The summed E-state index contributed by atoms with van der Waals surface area (Å²) >= 11 is 0. The molecule has 1 aliphatic heterocycles.